The molecule has 0 atom stereocenters. The summed E-state index contributed by atoms with van der Waals surface area (Å²) in [5, 5.41) is 3.38. The fourth-order valence-electron chi connectivity index (χ4n) is 3.97. The van der Waals surface area contributed by atoms with Gasteiger partial charge >= 0.3 is 0 Å². The van der Waals surface area contributed by atoms with Gasteiger partial charge in [0.25, 0.3) is 0 Å². The summed E-state index contributed by atoms with van der Waals surface area (Å²) in [5.41, 5.74) is 0.853. The van der Waals surface area contributed by atoms with Gasteiger partial charge in [-0.3, -0.25) is 14.7 Å². The number of methoxy groups -OCH3 is 1. The minimum Gasteiger partial charge on any atom is -0.494 e. The number of halogens is 2. The molecule has 0 bridgehead atoms. The lowest BCUT2D eigenvalue weighted by atomic mass is 9.84. The van der Waals surface area contributed by atoms with Crippen molar-refractivity contribution in [2.24, 2.45) is 10.9 Å². The molecule has 0 radical (unpaired) electrons. The Hall–Kier alpha value is -1.62. The lowest BCUT2D eigenvalue weighted by Gasteiger charge is -2.38. The largest absolute Gasteiger partial charge is 0.494 e. The van der Waals surface area contributed by atoms with Crippen LogP contribution in [0.25, 0.3) is 0 Å². The zero-order chi connectivity index (χ0) is 21.5. The predicted octanol–water partition coefficient (Wildman–Crippen LogP) is 2.40. The molecule has 1 amide bonds. The number of rotatable bonds is 7. The SMILES string of the molecule is CN=C(NCCN1CCN(C(=O)C2CCC2)CC1)N(C)Cc1ccc(OC)c(F)c1.I. The number of carbonyl (C=O) groups excluding carboxylic acids is 1. The number of guanidine groups is 1. The monoisotopic (exact) mass is 547 g/mol. The van der Waals surface area contributed by atoms with E-state index in [0.29, 0.717) is 12.5 Å². The highest BCUT2D eigenvalue weighted by molar-refractivity contribution is 14.0. The van der Waals surface area contributed by atoms with E-state index in [4.69, 9.17) is 4.74 Å². The number of nitrogens with zero attached hydrogens (tertiary/aromatic N) is 4. The third-order valence-electron chi connectivity index (χ3n) is 6.06. The third-order valence-corrected chi connectivity index (χ3v) is 6.06. The Bertz CT molecular complexity index is 751. The van der Waals surface area contributed by atoms with E-state index in [0.717, 1.165) is 63.6 Å². The molecular formula is C22H35FIN5O2. The summed E-state index contributed by atoms with van der Waals surface area (Å²) in [6, 6.07) is 4.99. The number of nitrogens with one attached hydrogen (secondary N) is 1. The molecule has 1 aromatic rings. The Morgan fingerprint density at radius 1 is 1.29 bits per heavy atom. The average Bonchev–Trinajstić information content (AvgIpc) is 2.70. The molecule has 1 N–H and O–H groups in total. The Morgan fingerprint density at radius 3 is 2.55 bits per heavy atom. The van der Waals surface area contributed by atoms with Gasteiger partial charge < -0.3 is 19.9 Å². The summed E-state index contributed by atoms with van der Waals surface area (Å²) in [4.78, 5) is 23.1. The highest BCUT2D eigenvalue weighted by Crippen LogP contribution is 2.28. The summed E-state index contributed by atoms with van der Waals surface area (Å²) in [6.07, 6.45) is 3.34. The highest BCUT2D eigenvalue weighted by atomic mass is 127. The molecule has 31 heavy (non-hydrogen) atoms. The van der Waals surface area contributed by atoms with Crippen LogP contribution in [0.2, 0.25) is 0 Å². The minimum atomic E-state index is -0.360. The maximum absolute atomic E-state index is 13.9. The molecule has 1 saturated carbocycles. The van der Waals surface area contributed by atoms with Gasteiger partial charge in [-0.25, -0.2) is 4.39 Å². The smallest absolute Gasteiger partial charge is 0.225 e. The second-order valence-corrected chi connectivity index (χ2v) is 8.09. The van der Waals surface area contributed by atoms with Crippen LogP contribution in [0.4, 0.5) is 4.39 Å². The Balaban J connectivity index is 0.00000341. The summed E-state index contributed by atoms with van der Waals surface area (Å²) < 4.78 is 18.9. The van der Waals surface area contributed by atoms with Crippen molar-refractivity contribution in [2.75, 3.05) is 60.5 Å². The van der Waals surface area contributed by atoms with Gasteiger partial charge in [-0.15, -0.1) is 24.0 Å². The number of hydrogen-bond donors (Lipinski definition) is 1. The molecule has 9 heteroatoms. The summed E-state index contributed by atoms with van der Waals surface area (Å²) >= 11 is 0. The standard InChI is InChI=1S/C22H34FN5O2.HI/c1-24-22(26(2)16-17-7-8-20(30-3)19(23)15-17)25-9-10-27-11-13-28(14-12-27)21(29)18-5-4-6-18;/h7-8,15,18H,4-6,9-14,16H2,1-3H3,(H,24,25);1H. The van der Waals surface area contributed by atoms with Crippen molar-refractivity contribution >= 4 is 35.8 Å². The van der Waals surface area contributed by atoms with Crippen molar-refractivity contribution < 1.29 is 13.9 Å². The minimum absolute atomic E-state index is 0. The second-order valence-electron chi connectivity index (χ2n) is 8.09. The summed E-state index contributed by atoms with van der Waals surface area (Å²) in [7, 11) is 5.14. The van der Waals surface area contributed by atoms with Crippen molar-refractivity contribution in [1.29, 1.82) is 0 Å². The normalized spacial score (nSPS) is 17.5. The van der Waals surface area contributed by atoms with Crippen LogP contribution in [-0.2, 0) is 11.3 Å². The van der Waals surface area contributed by atoms with Gasteiger partial charge in [0.2, 0.25) is 5.91 Å². The van der Waals surface area contributed by atoms with Crippen molar-refractivity contribution in [3.63, 3.8) is 0 Å². The molecule has 0 aromatic heterocycles. The molecule has 1 aliphatic carbocycles. The molecule has 3 rings (SSSR count). The second kappa shape index (κ2) is 12.4. The van der Waals surface area contributed by atoms with Crippen LogP contribution in [0.3, 0.4) is 0 Å². The molecule has 1 aliphatic heterocycles. The van der Waals surface area contributed by atoms with Crippen molar-refractivity contribution in [1.82, 2.24) is 20.0 Å². The number of piperazine rings is 1. The fraction of sp³-hybridized carbons (Fsp3) is 0.636. The molecule has 0 unspecified atom stereocenters. The third kappa shape index (κ3) is 6.93. The van der Waals surface area contributed by atoms with E-state index in [2.05, 4.69) is 15.2 Å². The van der Waals surface area contributed by atoms with E-state index in [-0.39, 0.29) is 41.5 Å². The Morgan fingerprint density at radius 2 is 2.00 bits per heavy atom. The van der Waals surface area contributed by atoms with Crippen LogP contribution in [0.5, 0.6) is 5.75 Å². The van der Waals surface area contributed by atoms with Gasteiger partial charge in [0, 0.05) is 65.8 Å². The first kappa shape index (κ1) is 25.6. The van der Waals surface area contributed by atoms with Crippen LogP contribution in [0, 0.1) is 11.7 Å². The average molecular weight is 547 g/mol. The van der Waals surface area contributed by atoms with Gasteiger partial charge in [-0.2, -0.15) is 0 Å². The molecule has 7 nitrogen and oxygen atoms in total. The molecular weight excluding hydrogens is 512 g/mol. The topological polar surface area (TPSA) is 60.4 Å². The lowest BCUT2D eigenvalue weighted by molar-refractivity contribution is -0.139. The van der Waals surface area contributed by atoms with Crippen LogP contribution >= 0.6 is 24.0 Å². The zero-order valence-corrected chi connectivity index (χ0v) is 21.1. The number of hydrogen-bond acceptors (Lipinski definition) is 4. The lowest BCUT2D eigenvalue weighted by Crippen LogP contribution is -2.52. The molecule has 174 valence electrons. The van der Waals surface area contributed by atoms with E-state index in [1.165, 1.54) is 19.6 Å². The first-order valence-electron chi connectivity index (χ1n) is 10.8. The summed E-state index contributed by atoms with van der Waals surface area (Å²) in [6.45, 7) is 5.70. The molecule has 1 aromatic carbocycles. The predicted molar refractivity (Wildman–Crippen MR) is 132 cm³/mol. The fourth-order valence-corrected chi connectivity index (χ4v) is 3.97. The maximum atomic E-state index is 13.9. The summed E-state index contributed by atoms with van der Waals surface area (Å²) in [5.74, 6) is 1.30. The van der Waals surface area contributed by atoms with Crippen LogP contribution in [0.1, 0.15) is 24.8 Å². The van der Waals surface area contributed by atoms with Gasteiger partial charge in [0.15, 0.2) is 17.5 Å². The van der Waals surface area contributed by atoms with E-state index >= 15 is 0 Å². The highest BCUT2D eigenvalue weighted by Gasteiger charge is 2.31. The molecule has 2 aliphatic rings. The van der Waals surface area contributed by atoms with Gasteiger partial charge in [-0.05, 0) is 30.5 Å². The molecule has 1 heterocycles. The molecule has 1 saturated heterocycles. The Kier molecular flexibility index (Phi) is 10.3. The number of benzene rings is 1. The number of aliphatic imine (C=N–C) groups is 1. The van der Waals surface area contributed by atoms with E-state index in [1.807, 2.05) is 22.9 Å². The number of amides is 1. The number of ether oxygens (including phenoxy) is 1. The maximum Gasteiger partial charge on any atom is 0.225 e. The molecule has 2 fully saturated rings. The van der Waals surface area contributed by atoms with Gasteiger partial charge in [-0.1, -0.05) is 12.5 Å². The van der Waals surface area contributed by atoms with Crippen LogP contribution in [0.15, 0.2) is 23.2 Å². The first-order chi connectivity index (χ1) is 14.5. The van der Waals surface area contributed by atoms with Crippen LogP contribution in [-0.4, -0.2) is 87.0 Å². The first-order valence-corrected chi connectivity index (χ1v) is 10.8. The van der Waals surface area contributed by atoms with Gasteiger partial charge in [0.1, 0.15) is 0 Å². The van der Waals surface area contributed by atoms with Gasteiger partial charge in [0.05, 0.1) is 7.11 Å². The number of carbonyl (C=O) groups is 1. The van der Waals surface area contributed by atoms with Crippen LogP contribution < -0.4 is 10.1 Å². The van der Waals surface area contributed by atoms with Crippen molar-refractivity contribution in [3.8, 4) is 5.75 Å². The van der Waals surface area contributed by atoms with E-state index < -0.39 is 0 Å². The van der Waals surface area contributed by atoms with Crippen molar-refractivity contribution in [2.45, 2.75) is 25.8 Å². The quantitative estimate of drug-likeness (QED) is 0.323. The Labute approximate surface area is 202 Å². The van der Waals surface area contributed by atoms with E-state index in [1.54, 1.807) is 13.1 Å². The molecule has 0 spiro atoms. The zero-order valence-electron chi connectivity index (χ0n) is 18.8. The van der Waals surface area contributed by atoms with Crippen molar-refractivity contribution in [3.05, 3.63) is 29.6 Å². The van der Waals surface area contributed by atoms with E-state index in [9.17, 15) is 9.18 Å².